The Hall–Kier alpha value is -2.76. The minimum absolute atomic E-state index is 0.115. The number of hydrogen-bond acceptors (Lipinski definition) is 5. The van der Waals surface area contributed by atoms with Gasteiger partial charge < -0.3 is 20.1 Å². The molecule has 34 heavy (non-hydrogen) atoms. The van der Waals surface area contributed by atoms with Gasteiger partial charge in [0.25, 0.3) is 12.3 Å². The number of benzene rings is 1. The number of alkyl halides is 2. The van der Waals surface area contributed by atoms with Gasteiger partial charge >= 0.3 is 0 Å². The van der Waals surface area contributed by atoms with E-state index in [1.807, 2.05) is 0 Å². The fourth-order valence-corrected chi connectivity index (χ4v) is 4.23. The van der Waals surface area contributed by atoms with Crippen molar-refractivity contribution in [2.45, 2.75) is 31.0 Å². The van der Waals surface area contributed by atoms with Crippen molar-refractivity contribution in [2.24, 2.45) is 5.92 Å². The van der Waals surface area contributed by atoms with Crippen LogP contribution in [-0.2, 0) is 9.53 Å². The summed E-state index contributed by atoms with van der Waals surface area (Å²) in [5.74, 6) is -3.49. The normalized spacial score (nSPS) is 21.4. The van der Waals surface area contributed by atoms with Crippen LogP contribution in [0.2, 0.25) is 5.02 Å². The molecule has 0 radical (unpaired) electrons. The Morgan fingerprint density at radius 1 is 1.21 bits per heavy atom. The molecule has 1 aromatic carbocycles. The molecular formula is C22H20ClF4N3O4. The fraction of sp³-hybridized carbons (Fsp3) is 0.409. The number of pyridine rings is 1. The third-order valence-corrected chi connectivity index (χ3v) is 6.19. The van der Waals surface area contributed by atoms with Crippen LogP contribution < -0.4 is 5.32 Å². The van der Waals surface area contributed by atoms with Crippen LogP contribution in [0.25, 0.3) is 0 Å². The Morgan fingerprint density at radius 3 is 2.59 bits per heavy atom. The Labute approximate surface area is 196 Å². The summed E-state index contributed by atoms with van der Waals surface area (Å²) < 4.78 is 59.8. The Balaban J connectivity index is 1.58. The van der Waals surface area contributed by atoms with Crippen molar-refractivity contribution in [3.8, 4) is 0 Å². The molecule has 2 aromatic rings. The highest BCUT2D eigenvalue weighted by Gasteiger charge is 2.42. The van der Waals surface area contributed by atoms with Crippen molar-refractivity contribution in [1.29, 1.82) is 0 Å². The second-order valence-electron chi connectivity index (χ2n) is 8.20. The molecule has 0 saturated carbocycles. The fourth-order valence-electron chi connectivity index (χ4n) is 4.07. The SMILES string of the molecule is O=C(N[C@@H](c1cc(F)c(Cl)cc1F)C1COC1)[C@H]1C[C@@H](O)CN1C(=O)c1ccnc(C(F)F)c1. The zero-order valence-electron chi connectivity index (χ0n) is 17.6. The number of β-amino-alcohol motifs (C(OH)–C–C–N with tert-alkyl or cyclic N) is 1. The summed E-state index contributed by atoms with van der Waals surface area (Å²) in [6.45, 7) is 0.181. The first-order chi connectivity index (χ1) is 16.2. The molecule has 182 valence electrons. The summed E-state index contributed by atoms with van der Waals surface area (Å²) in [4.78, 5) is 30.7. The summed E-state index contributed by atoms with van der Waals surface area (Å²) in [5.41, 5.74) is -0.848. The van der Waals surface area contributed by atoms with Gasteiger partial charge in [-0.25, -0.2) is 17.6 Å². The standard InChI is InChI=1S/C22H20ClF4N3O4/c23-14-6-15(24)13(5-16(14)25)19(11-8-34-9-11)29-21(32)18-4-12(31)7-30(18)22(33)10-1-2-28-17(3-10)20(26)27/h1-3,5-6,11-12,18-20,31H,4,7-9H2,(H,29,32)/t12-,18-,19-/m1/s1. The maximum atomic E-state index is 14.6. The number of amides is 2. The number of ether oxygens (including phenoxy) is 1. The Morgan fingerprint density at radius 2 is 1.94 bits per heavy atom. The van der Waals surface area contributed by atoms with E-state index in [2.05, 4.69) is 10.3 Å². The van der Waals surface area contributed by atoms with Gasteiger partial charge in [0, 0.05) is 36.2 Å². The molecule has 1 aromatic heterocycles. The number of hydrogen-bond donors (Lipinski definition) is 2. The summed E-state index contributed by atoms with van der Waals surface area (Å²) in [6, 6.07) is 1.73. The first-order valence-corrected chi connectivity index (χ1v) is 10.8. The second kappa shape index (κ2) is 9.85. The number of likely N-dealkylation sites (tertiary alicyclic amines) is 1. The van der Waals surface area contributed by atoms with E-state index in [0.29, 0.717) is 0 Å². The highest BCUT2D eigenvalue weighted by Crippen LogP contribution is 2.33. The topological polar surface area (TPSA) is 91.8 Å². The number of rotatable bonds is 6. The van der Waals surface area contributed by atoms with Crippen LogP contribution in [0.3, 0.4) is 0 Å². The summed E-state index contributed by atoms with van der Waals surface area (Å²) >= 11 is 5.64. The van der Waals surface area contributed by atoms with Gasteiger partial charge in [0.1, 0.15) is 23.4 Å². The van der Waals surface area contributed by atoms with E-state index in [9.17, 15) is 32.3 Å². The van der Waals surface area contributed by atoms with Crippen LogP contribution in [0.1, 0.15) is 40.5 Å². The van der Waals surface area contributed by atoms with Crippen molar-refractivity contribution in [1.82, 2.24) is 15.2 Å². The second-order valence-corrected chi connectivity index (χ2v) is 8.61. The van der Waals surface area contributed by atoms with Crippen LogP contribution >= 0.6 is 11.6 Å². The molecule has 3 atom stereocenters. The molecular weight excluding hydrogens is 482 g/mol. The van der Waals surface area contributed by atoms with Gasteiger partial charge in [-0.2, -0.15) is 0 Å². The molecule has 4 rings (SSSR count). The minimum Gasteiger partial charge on any atom is -0.391 e. The van der Waals surface area contributed by atoms with E-state index in [1.165, 1.54) is 6.07 Å². The lowest BCUT2D eigenvalue weighted by Crippen LogP contribution is -2.50. The molecule has 2 fully saturated rings. The quantitative estimate of drug-likeness (QED) is 0.469. The Bertz CT molecular complexity index is 1100. The molecule has 0 spiro atoms. The van der Waals surface area contributed by atoms with Gasteiger partial charge in [-0.3, -0.25) is 14.6 Å². The van der Waals surface area contributed by atoms with Crippen molar-refractivity contribution >= 4 is 23.4 Å². The zero-order chi connectivity index (χ0) is 24.6. The largest absolute Gasteiger partial charge is 0.391 e. The van der Waals surface area contributed by atoms with Gasteiger partial charge in [-0.1, -0.05) is 11.6 Å². The monoisotopic (exact) mass is 501 g/mol. The van der Waals surface area contributed by atoms with Crippen LogP contribution in [0, 0.1) is 17.6 Å². The zero-order valence-corrected chi connectivity index (χ0v) is 18.3. The van der Waals surface area contributed by atoms with Gasteiger partial charge in [-0.15, -0.1) is 0 Å². The Kier molecular flexibility index (Phi) is 7.06. The molecule has 7 nitrogen and oxygen atoms in total. The predicted molar refractivity (Wildman–Crippen MR) is 111 cm³/mol. The molecule has 12 heteroatoms. The van der Waals surface area contributed by atoms with Crippen LogP contribution in [0.4, 0.5) is 17.6 Å². The molecule has 2 aliphatic rings. The van der Waals surface area contributed by atoms with E-state index in [0.717, 1.165) is 29.3 Å². The number of carbonyl (C=O) groups is 2. The van der Waals surface area contributed by atoms with Crippen LogP contribution in [0.15, 0.2) is 30.5 Å². The van der Waals surface area contributed by atoms with Crippen molar-refractivity contribution in [3.05, 3.63) is 63.9 Å². The number of aliphatic hydroxyl groups excluding tert-OH is 1. The lowest BCUT2D eigenvalue weighted by Gasteiger charge is -2.36. The number of carbonyl (C=O) groups excluding carboxylic acids is 2. The lowest BCUT2D eigenvalue weighted by atomic mass is 9.90. The molecule has 0 aliphatic carbocycles. The highest BCUT2D eigenvalue weighted by molar-refractivity contribution is 6.30. The van der Waals surface area contributed by atoms with Gasteiger partial charge in [-0.05, 0) is 24.3 Å². The number of nitrogens with zero attached hydrogens (tertiary/aromatic N) is 2. The predicted octanol–water partition coefficient (Wildman–Crippen LogP) is 3.03. The average molecular weight is 502 g/mol. The van der Waals surface area contributed by atoms with Gasteiger partial charge in [0.05, 0.1) is 30.4 Å². The van der Waals surface area contributed by atoms with E-state index in [4.69, 9.17) is 16.3 Å². The van der Waals surface area contributed by atoms with E-state index in [1.54, 1.807) is 0 Å². The maximum Gasteiger partial charge on any atom is 0.280 e. The number of halogens is 5. The molecule has 2 saturated heterocycles. The van der Waals surface area contributed by atoms with E-state index < -0.39 is 58.8 Å². The van der Waals surface area contributed by atoms with E-state index in [-0.39, 0.29) is 43.2 Å². The summed E-state index contributed by atoms with van der Waals surface area (Å²) in [5, 5.41) is 12.4. The molecule has 3 heterocycles. The van der Waals surface area contributed by atoms with Crippen molar-refractivity contribution < 1.29 is 37.0 Å². The third-order valence-electron chi connectivity index (χ3n) is 5.90. The van der Waals surface area contributed by atoms with E-state index >= 15 is 0 Å². The minimum atomic E-state index is -2.89. The lowest BCUT2D eigenvalue weighted by molar-refractivity contribution is -0.128. The molecule has 2 aliphatic heterocycles. The smallest absolute Gasteiger partial charge is 0.280 e. The van der Waals surface area contributed by atoms with Crippen LogP contribution in [-0.4, -0.2) is 58.7 Å². The number of aromatic nitrogens is 1. The van der Waals surface area contributed by atoms with Crippen molar-refractivity contribution in [3.63, 3.8) is 0 Å². The summed E-state index contributed by atoms with van der Waals surface area (Å²) in [6.07, 6.45) is -2.99. The maximum absolute atomic E-state index is 14.6. The van der Waals surface area contributed by atoms with Gasteiger partial charge in [0.15, 0.2) is 0 Å². The first kappa shape index (κ1) is 24.4. The number of aliphatic hydroxyl groups is 1. The number of nitrogens with one attached hydrogen (secondary N) is 1. The van der Waals surface area contributed by atoms with Crippen LogP contribution in [0.5, 0.6) is 0 Å². The first-order valence-electron chi connectivity index (χ1n) is 10.4. The summed E-state index contributed by atoms with van der Waals surface area (Å²) in [7, 11) is 0. The molecule has 2 N–H and O–H groups in total. The molecule has 0 unspecified atom stereocenters. The molecule has 2 amide bonds. The highest BCUT2D eigenvalue weighted by atomic mass is 35.5. The molecule has 0 bridgehead atoms. The average Bonchev–Trinajstić information content (AvgIpc) is 3.16. The van der Waals surface area contributed by atoms with Gasteiger partial charge in [0.2, 0.25) is 5.91 Å². The third kappa shape index (κ3) is 4.86. The van der Waals surface area contributed by atoms with Crippen molar-refractivity contribution in [2.75, 3.05) is 19.8 Å².